The van der Waals surface area contributed by atoms with Crippen LogP contribution >= 0.6 is 27.5 Å². The highest BCUT2D eigenvalue weighted by molar-refractivity contribution is 9.08. The van der Waals surface area contributed by atoms with Crippen molar-refractivity contribution in [3.63, 3.8) is 0 Å². The molecule has 1 rings (SSSR count). The molecule has 100 valence electrons. The molecule has 1 heterocycles. The minimum Gasteiger partial charge on any atom is -0.466 e. The van der Waals surface area contributed by atoms with Crippen LogP contribution in [0.15, 0.2) is 6.07 Å². The van der Waals surface area contributed by atoms with E-state index in [-0.39, 0.29) is 29.2 Å². The van der Waals surface area contributed by atoms with Crippen LogP contribution in [0.3, 0.4) is 0 Å². The largest absolute Gasteiger partial charge is 0.466 e. The fourth-order valence-electron chi connectivity index (χ4n) is 1.38. The Labute approximate surface area is 117 Å². The summed E-state index contributed by atoms with van der Waals surface area (Å²) in [6.07, 6.45) is -2.78. The van der Waals surface area contributed by atoms with E-state index >= 15 is 0 Å². The standard InChI is InChI=1S/C11H11BrClF2NO2/c1-2-18-8(17)4-6-3-7(5-12)9(11(14)15)16-10(6)13/h3,11H,2,4-5H2,1H3. The van der Waals surface area contributed by atoms with Crippen molar-refractivity contribution in [2.75, 3.05) is 6.61 Å². The average molecular weight is 343 g/mol. The maximum Gasteiger partial charge on any atom is 0.310 e. The van der Waals surface area contributed by atoms with Gasteiger partial charge in [0.1, 0.15) is 10.8 Å². The lowest BCUT2D eigenvalue weighted by molar-refractivity contribution is -0.142. The number of pyridine rings is 1. The molecule has 0 saturated carbocycles. The van der Waals surface area contributed by atoms with Gasteiger partial charge >= 0.3 is 5.97 Å². The fourth-order valence-corrected chi connectivity index (χ4v) is 2.04. The van der Waals surface area contributed by atoms with Crippen molar-refractivity contribution >= 4 is 33.5 Å². The van der Waals surface area contributed by atoms with Crippen LogP contribution in [-0.4, -0.2) is 17.6 Å². The minimum atomic E-state index is -2.70. The number of alkyl halides is 3. The Morgan fingerprint density at radius 3 is 2.72 bits per heavy atom. The van der Waals surface area contributed by atoms with Crippen LogP contribution in [0.5, 0.6) is 0 Å². The van der Waals surface area contributed by atoms with Crippen molar-refractivity contribution < 1.29 is 18.3 Å². The molecule has 0 N–H and O–H groups in total. The number of rotatable bonds is 5. The molecule has 7 heteroatoms. The monoisotopic (exact) mass is 341 g/mol. The number of aromatic nitrogens is 1. The van der Waals surface area contributed by atoms with E-state index in [2.05, 4.69) is 20.9 Å². The van der Waals surface area contributed by atoms with E-state index in [4.69, 9.17) is 16.3 Å². The van der Waals surface area contributed by atoms with Crippen molar-refractivity contribution in [1.29, 1.82) is 0 Å². The number of hydrogen-bond acceptors (Lipinski definition) is 3. The predicted molar refractivity (Wildman–Crippen MR) is 67.2 cm³/mol. The molecule has 0 unspecified atom stereocenters. The maximum absolute atomic E-state index is 12.7. The van der Waals surface area contributed by atoms with E-state index in [1.54, 1.807) is 6.92 Å². The first-order chi connectivity index (χ1) is 8.49. The molecule has 0 saturated heterocycles. The summed E-state index contributed by atoms with van der Waals surface area (Å²) >= 11 is 8.88. The summed E-state index contributed by atoms with van der Waals surface area (Å²) in [7, 11) is 0. The van der Waals surface area contributed by atoms with Crippen molar-refractivity contribution in [3.8, 4) is 0 Å². The number of ether oxygens (including phenoxy) is 1. The third-order valence-corrected chi connectivity index (χ3v) is 3.08. The number of hydrogen-bond donors (Lipinski definition) is 0. The van der Waals surface area contributed by atoms with E-state index in [0.29, 0.717) is 11.1 Å². The molecule has 0 spiro atoms. The smallest absolute Gasteiger partial charge is 0.310 e. The maximum atomic E-state index is 12.7. The lowest BCUT2D eigenvalue weighted by Crippen LogP contribution is -2.10. The quantitative estimate of drug-likeness (QED) is 0.465. The second-order valence-electron chi connectivity index (χ2n) is 3.40. The topological polar surface area (TPSA) is 39.2 Å². The summed E-state index contributed by atoms with van der Waals surface area (Å²) in [5.74, 6) is -0.466. The third kappa shape index (κ3) is 3.88. The van der Waals surface area contributed by atoms with Gasteiger partial charge in [-0.25, -0.2) is 13.8 Å². The van der Waals surface area contributed by atoms with Gasteiger partial charge in [-0.2, -0.15) is 0 Å². The Kier molecular flexibility index (Phi) is 5.95. The first-order valence-electron chi connectivity index (χ1n) is 5.17. The van der Waals surface area contributed by atoms with Gasteiger partial charge in [0.15, 0.2) is 0 Å². The third-order valence-electron chi connectivity index (χ3n) is 2.15. The molecule has 0 aliphatic rings. The van der Waals surface area contributed by atoms with Crippen LogP contribution in [0.4, 0.5) is 8.78 Å². The van der Waals surface area contributed by atoms with E-state index < -0.39 is 12.4 Å². The van der Waals surface area contributed by atoms with Gasteiger partial charge in [-0.1, -0.05) is 27.5 Å². The van der Waals surface area contributed by atoms with Crippen LogP contribution in [0.2, 0.25) is 5.15 Å². The van der Waals surface area contributed by atoms with Gasteiger partial charge in [0.05, 0.1) is 13.0 Å². The zero-order valence-corrected chi connectivity index (χ0v) is 11.9. The summed E-state index contributed by atoms with van der Waals surface area (Å²) in [4.78, 5) is 14.9. The SMILES string of the molecule is CCOC(=O)Cc1cc(CBr)c(C(F)F)nc1Cl. The molecule has 0 aromatic carbocycles. The zero-order chi connectivity index (χ0) is 13.7. The Bertz CT molecular complexity index is 443. The minimum absolute atomic E-state index is 0.0802. The molecular weight excluding hydrogens is 331 g/mol. The van der Waals surface area contributed by atoms with Crippen LogP contribution in [0.1, 0.15) is 30.2 Å². The van der Waals surface area contributed by atoms with Crippen molar-refractivity contribution in [2.24, 2.45) is 0 Å². The van der Waals surface area contributed by atoms with Gasteiger partial charge in [-0.05, 0) is 18.6 Å². The van der Waals surface area contributed by atoms with E-state index in [1.165, 1.54) is 6.07 Å². The Morgan fingerprint density at radius 2 is 2.22 bits per heavy atom. The van der Waals surface area contributed by atoms with Gasteiger partial charge in [-0.3, -0.25) is 4.79 Å². The highest BCUT2D eigenvalue weighted by atomic mass is 79.9. The lowest BCUT2D eigenvalue weighted by atomic mass is 10.1. The molecule has 1 aromatic rings. The predicted octanol–water partition coefficient (Wildman–Crippen LogP) is 3.67. The molecule has 0 bridgehead atoms. The second kappa shape index (κ2) is 6.99. The Morgan fingerprint density at radius 1 is 1.56 bits per heavy atom. The van der Waals surface area contributed by atoms with Crippen molar-refractivity contribution in [2.45, 2.75) is 25.1 Å². The number of carbonyl (C=O) groups is 1. The first kappa shape index (κ1) is 15.3. The summed E-state index contributed by atoms with van der Waals surface area (Å²) < 4.78 is 30.1. The van der Waals surface area contributed by atoms with Gasteiger partial charge in [-0.15, -0.1) is 0 Å². The summed E-state index contributed by atoms with van der Waals surface area (Å²) in [5, 5.41) is 0.121. The van der Waals surface area contributed by atoms with E-state index in [9.17, 15) is 13.6 Å². The number of nitrogens with zero attached hydrogens (tertiary/aromatic N) is 1. The molecule has 0 atom stereocenters. The lowest BCUT2D eigenvalue weighted by Gasteiger charge is -2.10. The van der Waals surface area contributed by atoms with E-state index in [1.807, 2.05) is 0 Å². The number of carbonyl (C=O) groups excluding carboxylic acids is 1. The summed E-state index contributed by atoms with van der Waals surface area (Å²) in [6.45, 7) is 1.94. The molecule has 0 fully saturated rings. The van der Waals surface area contributed by atoms with Crippen LogP contribution in [-0.2, 0) is 21.3 Å². The molecule has 0 aliphatic heterocycles. The van der Waals surface area contributed by atoms with Crippen LogP contribution in [0.25, 0.3) is 0 Å². The zero-order valence-electron chi connectivity index (χ0n) is 9.55. The second-order valence-corrected chi connectivity index (χ2v) is 4.32. The number of halogens is 4. The molecule has 0 aliphatic carbocycles. The average Bonchev–Trinajstić information content (AvgIpc) is 2.31. The summed E-state index contributed by atoms with van der Waals surface area (Å²) in [5.41, 5.74) is 0.326. The molecule has 1 aromatic heterocycles. The van der Waals surface area contributed by atoms with Gasteiger partial charge < -0.3 is 4.74 Å². The fraction of sp³-hybridized carbons (Fsp3) is 0.455. The van der Waals surface area contributed by atoms with Crippen molar-refractivity contribution in [1.82, 2.24) is 4.98 Å². The molecule has 3 nitrogen and oxygen atoms in total. The Hall–Kier alpha value is -0.750. The Balaban J connectivity index is 3.04. The van der Waals surface area contributed by atoms with Crippen molar-refractivity contribution in [3.05, 3.63) is 28.0 Å². The van der Waals surface area contributed by atoms with E-state index in [0.717, 1.165) is 0 Å². The number of esters is 1. The molecule has 18 heavy (non-hydrogen) atoms. The molecule has 0 amide bonds. The summed E-state index contributed by atoms with van der Waals surface area (Å²) in [6, 6.07) is 1.45. The normalized spacial score (nSPS) is 10.8. The highest BCUT2D eigenvalue weighted by Crippen LogP contribution is 2.27. The van der Waals surface area contributed by atoms with Crippen LogP contribution < -0.4 is 0 Å². The van der Waals surface area contributed by atoms with Gasteiger partial charge in [0, 0.05) is 10.9 Å². The first-order valence-corrected chi connectivity index (χ1v) is 6.67. The van der Waals surface area contributed by atoms with Crippen LogP contribution in [0, 0.1) is 0 Å². The van der Waals surface area contributed by atoms with Gasteiger partial charge in [0.25, 0.3) is 6.43 Å². The highest BCUT2D eigenvalue weighted by Gasteiger charge is 2.18. The molecular formula is C11H11BrClF2NO2. The molecule has 0 radical (unpaired) electrons. The van der Waals surface area contributed by atoms with Gasteiger partial charge in [0.2, 0.25) is 0 Å².